The molecule has 0 radical (unpaired) electrons. The van der Waals surface area contributed by atoms with Crippen molar-refractivity contribution in [3.63, 3.8) is 0 Å². The van der Waals surface area contributed by atoms with Gasteiger partial charge in [0.2, 0.25) is 0 Å². The van der Waals surface area contributed by atoms with Gasteiger partial charge in [0.25, 0.3) is 0 Å². The molecule has 2 heterocycles. The Hall–Kier alpha value is 0.227. The average Bonchev–Trinajstić information content (AvgIpc) is 2.81. The van der Waals surface area contributed by atoms with Gasteiger partial charge in [0.1, 0.15) is 0 Å². The molecule has 25 heavy (non-hydrogen) atoms. The molecular weight excluding hydrogens is 565 g/mol. The van der Waals surface area contributed by atoms with E-state index in [1.54, 1.807) is 6.07 Å². The zero-order chi connectivity index (χ0) is 17.1. The maximum absolute atomic E-state index is 14.5. The normalized spacial score (nSPS) is 26.0. The summed E-state index contributed by atoms with van der Waals surface area (Å²) in [5.41, 5.74) is 4.23. The molecule has 0 spiro atoms. The van der Waals surface area contributed by atoms with E-state index in [4.69, 9.17) is 9.31 Å². The summed E-state index contributed by atoms with van der Waals surface area (Å²) in [6.07, 6.45) is 0. The van der Waals surface area contributed by atoms with Crippen molar-refractivity contribution in [3.8, 4) is 11.6 Å². The molecule has 2 aromatic rings. The molecule has 126 valence electrons. The van der Waals surface area contributed by atoms with Gasteiger partial charge in [-0.25, -0.2) is 0 Å². The molecule has 0 N–H and O–H groups in total. The summed E-state index contributed by atoms with van der Waals surface area (Å²) in [6.45, 7) is 6.23. The van der Waals surface area contributed by atoms with Crippen LogP contribution in [0.4, 0.5) is 4.39 Å². The van der Waals surface area contributed by atoms with Crippen LogP contribution in [0.15, 0.2) is 30.3 Å². The van der Waals surface area contributed by atoms with Gasteiger partial charge in [-0.3, -0.25) is 0 Å². The molecule has 1 fully saturated rings. The van der Waals surface area contributed by atoms with Gasteiger partial charge in [0.15, 0.2) is 0 Å². The molecule has 0 aliphatic carbocycles. The molecule has 0 amide bonds. The van der Waals surface area contributed by atoms with Gasteiger partial charge >= 0.3 is 161 Å². The predicted octanol–water partition coefficient (Wildman–Crippen LogP) is 3.86. The molecule has 0 aromatic heterocycles. The van der Waals surface area contributed by atoms with E-state index in [9.17, 15) is 4.39 Å². The Morgan fingerprint density at radius 3 is 2.68 bits per heavy atom. The second-order valence-electron chi connectivity index (χ2n) is 6.57. The minimum atomic E-state index is -0.804. The molecule has 8 heteroatoms. The van der Waals surface area contributed by atoms with Gasteiger partial charge in [-0.1, -0.05) is 0 Å². The first-order valence-corrected chi connectivity index (χ1v) is 16.0. The molecule has 2 atom stereocenters. The molecular formula is C17H16BFO2PS2Tl. The van der Waals surface area contributed by atoms with Crippen LogP contribution in [0.2, 0.25) is 0 Å². The Labute approximate surface area is 173 Å². The first-order chi connectivity index (χ1) is 11.4. The number of rotatable bonds is 1. The quantitative estimate of drug-likeness (QED) is 0.290. The summed E-state index contributed by atoms with van der Waals surface area (Å²) in [4.78, 5) is 0. The van der Waals surface area contributed by atoms with Crippen LogP contribution < -0.4 is 5.46 Å². The standard InChI is InChI=1S/C17H14BFO2PS.H2S.Tl/c1-16(2)17(3)21-18(20-16)13-6-4-5-11-7-8-14(19)12(15(11)13)9-10-22(17)23;;/h4-8H,1-3H3;1H2;/q-1;;+1. The summed E-state index contributed by atoms with van der Waals surface area (Å²) < 4.78 is 27.3. The fourth-order valence-corrected chi connectivity index (χ4v) is 15.2. The molecule has 1 saturated heterocycles. The zero-order valence-electron chi connectivity index (χ0n) is 14.1. The Kier molecular flexibility index (Phi) is 5.59. The van der Waals surface area contributed by atoms with Crippen LogP contribution in [-0.4, -0.2) is 42.3 Å². The van der Waals surface area contributed by atoms with E-state index < -0.39 is 25.2 Å². The van der Waals surface area contributed by atoms with Gasteiger partial charge in [0.05, 0.1) is 0 Å². The molecule has 4 rings (SSSR count). The first-order valence-electron chi connectivity index (χ1n) is 7.63. The van der Waals surface area contributed by atoms with Crippen LogP contribution in [0.3, 0.4) is 0 Å². The van der Waals surface area contributed by atoms with Gasteiger partial charge in [0, 0.05) is 0 Å². The predicted molar refractivity (Wildman–Crippen MR) is 111 cm³/mol. The van der Waals surface area contributed by atoms with Crippen molar-refractivity contribution in [3.05, 3.63) is 41.7 Å². The third kappa shape index (κ3) is 2.99. The van der Waals surface area contributed by atoms with Crippen molar-refractivity contribution in [1.29, 1.82) is 0 Å². The monoisotopic (exact) mass is 582 g/mol. The smallest absolute Gasteiger partial charge is 0.197 e. The zero-order valence-corrected chi connectivity index (χ0v) is 21.3. The number of fused-ring (bicyclic) bond motifs is 3. The third-order valence-electron chi connectivity index (χ3n) is 4.91. The maximum Gasteiger partial charge on any atom is -0.197 e. The second-order valence-corrected chi connectivity index (χ2v) is 17.5. The topological polar surface area (TPSA) is 18.5 Å². The number of halogens is 1. The van der Waals surface area contributed by atoms with Crippen molar-refractivity contribution >= 4 is 76.2 Å². The van der Waals surface area contributed by atoms with E-state index in [0.717, 1.165) is 40.5 Å². The summed E-state index contributed by atoms with van der Waals surface area (Å²) in [5.74, 6) is 2.88. The summed E-state index contributed by atoms with van der Waals surface area (Å²) >= 11 is 0.731. The van der Waals surface area contributed by atoms with Crippen molar-refractivity contribution < 1.29 is 13.7 Å². The number of benzene rings is 2. The number of hydrogen-bond acceptors (Lipinski definition) is 3. The van der Waals surface area contributed by atoms with Crippen LogP contribution in [0.25, 0.3) is 10.8 Å². The Balaban J connectivity index is 0.00000182. The van der Waals surface area contributed by atoms with Crippen molar-refractivity contribution in [1.82, 2.24) is 0 Å². The largest absolute Gasteiger partial charge is 0.197 e. The second kappa shape index (κ2) is 6.99. The van der Waals surface area contributed by atoms with Gasteiger partial charge < -0.3 is 0 Å². The van der Waals surface area contributed by atoms with E-state index in [1.807, 2.05) is 26.1 Å². The van der Waals surface area contributed by atoms with Crippen LogP contribution >= 0.6 is 28.6 Å². The van der Waals surface area contributed by atoms with Crippen LogP contribution in [0.1, 0.15) is 26.3 Å². The molecule has 2 bridgehead atoms. The Bertz CT molecular complexity index is 917. The SMILES string of the molecule is CC1(C)OB2OC1(C)P([S][Tl])C#Cc1c(F)ccc3cccc2c13.S. The molecule has 0 saturated carbocycles. The Morgan fingerprint density at radius 2 is 1.96 bits per heavy atom. The van der Waals surface area contributed by atoms with Crippen LogP contribution in [0, 0.1) is 17.4 Å². The van der Waals surface area contributed by atoms with Crippen LogP contribution in [0.5, 0.6) is 0 Å². The summed E-state index contributed by atoms with van der Waals surface area (Å²) in [7, 11) is 0.537. The van der Waals surface area contributed by atoms with Crippen molar-refractivity contribution in [2.24, 2.45) is 0 Å². The molecule has 2 nitrogen and oxygen atoms in total. The molecule has 2 aromatic carbocycles. The summed E-state index contributed by atoms with van der Waals surface area (Å²) in [5, 5.41) is 1.29. The van der Waals surface area contributed by atoms with Gasteiger partial charge in [-0.15, -0.1) is 0 Å². The summed E-state index contributed by atoms with van der Waals surface area (Å²) in [6, 6.07) is 9.19. The van der Waals surface area contributed by atoms with Crippen LogP contribution in [-0.2, 0) is 9.31 Å². The third-order valence-corrected chi connectivity index (χ3v) is 16.2. The van der Waals surface area contributed by atoms with Crippen molar-refractivity contribution in [2.45, 2.75) is 31.7 Å². The average molecular weight is 582 g/mol. The minimum absolute atomic E-state index is 0. The van der Waals surface area contributed by atoms with E-state index in [1.165, 1.54) is 6.07 Å². The first kappa shape index (κ1) is 20.0. The molecule has 2 unspecified atom stereocenters. The van der Waals surface area contributed by atoms with E-state index >= 15 is 0 Å². The fourth-order valence-electron chi connectivity index (χ4n) is 3.21. The molecule has 2 aliphatic heterocycles. The van der Waals surface area contributed by atoms with Crippen molar-refractivity contribution in [2.75, 3.05) is 0 Å². The van der Waals surface area contributed by atoms with Gasteiger partial charge in [-0.2, -0.15) is 13.5 Å². The number of hydrogen-bond donors (Lipinski definition) is 0. The molecule has 2 aliphatic rings. The van der Waals surface area contributed by atoms with E-state index in [2.05, 4.69) is 32.4 Å². The van der Waals surface area contributed by atoms with E-state index in [-0.39, 0.29) is 19.3 Å². The Morgan fingerprint density at radius 1 is 1.20 bits per heavy atom. The minimum Gasteiger partial charge on any atom is -0.197 e. The van der Waals surface area contributed by atoms with E-state index in [0.29, 0.717) is 5.56 Å². The fraction of sp³-hybridized carbons (Fsp3) is 0.294. The van der Waals surface area contributed by atoms with Gasteiger partial charge in [-0.05, 0) is 0 Å². The maximum atomic E-state index is 14.5.